The third-order valence-electron chi connectivity index (χ3n) is 4.48. The Balaban J connectivity index is 1.85. The quantitative estimate of drug-likeness (QED) is 0.684. The van der Waals surface area contributed by atoms with Crippen molar-refractivity contribution in [3.05, 3.63) is 54.1 Å². The first-order chi connectivity index (χ1) is 12.2. The molecule has 3 N–H and O–H groups in total. The molecule has 6 heteroatoms. The second kappa shape index (κ2) is 6.31. The minimum Gasteiger partial charge on any atom is -0.496 e. The molecule has 1 aliphatic rings. The van der Waals surface area contributed by atoms with Crippen LogP contribution in [0.5, 0.6) is 5.75 Å². The van der Waals surface area contributed by atoms with Crippen molar-refractivity contribution < 1.29 is 14.2 Å². The largest absolute Gasteiger partial charge is 0.496 e. The van der Waals surface area contributed by atoms with Crippen LogP contribution in [-0.2, 0) is 0 Å². The maximum atomic E-state index is 13.8. The van der Waals surface area contributed by atoms with Crippen LogP contribution in [0.15, 0.2) is 42.6 Å². The smallest absolute Gasteiger partial charge is 0.138 e. The van der Waals surface area contributed by atoms with E-state index in [-0.39, 0.29) is 18.5 Å². The average molecular weight is 339 g/mol. The lowest BCUT2D eigenvalue weighted by molar-refractivity contribution is 0.271. The highest BCUT2D eigenvalue weighted by molar-refractivity contribution is 5.97. The van der Waals surface area contributed by atoms with E-state index in [0.29, 0.717) is 17.9 Å². The van der Waals surface area contributed by atoms with Gasteiger partial charge in [0, 0.05) is 35.4 Å². The second-order valence-corrected chi connectivity index (χ2v) is 6.01. The summed E-state index contributed by atoms with van der Waals surface area (Å²) in [4.78, 5) is 7.70. The van der Waals surface area contributed by atoms with E-state index in [0.717, 1.165) is 27.9 Å². The highest BCUT2D eigenvalue weighted by atomic mass is 19.1. The number of aliphatic hydroxyl groups is 1. The Morgan fingerprint density at radius 1 is 1.28 bits per heavy atom. The Bertz CT molecular complexity index is 964. The highest BCUT2D eigenvalue weighted by Crippen LogP contribution is 2.36. The Morgan fingerprint density at radius 3 is 2.92 bits per heavy atom. The number of fused-ring (bicyclic) bond motifs is 1. The van der Waals surface area contributed by atoms with Gasteiger partial charge in [0.05, 0.1) is 13.7 Å². The van der Waals surface area contributed by atoms with Crippen molar-refractivity contribution in [2.45, 2.75) is 6.04 Å². The molecule has 25 heavy (non-hydrogen) atoms. The highest BCUT2D eigenvalue weighted by Gasteiger charge is 2.18. The molecule has 0 bridgehead atoms. The summed E-state index contributed by atoms with van der Waals surface area (Å²) in [5, 5.41) is 13.4. The van der Waals surface area contributed by atoms with Crippen LogP contribution in [0.1, 0.15) is 5.69 Å². The molecule has 128 valence electrons. The number of benzene rings is 1. The van der Waals surface area contributed by atoms with Crippen LogP contribution >= 0.6 is 0 Å². The minimum absolute atomic E-state index is 0.0304. The fourth-order valence-corrected chi connectivity index (χ4v) is 3.23. The van der Waals surface area contributed by atoms with Gasteiger partial charge in [-0.25, -0.2) is 9.37 Å². The van der Waals surface area contributed by atoms with Gasteiger partial charge in [-0.2, -0.15) is 0 Å². The van der Waals surface area contributed by atoms with Crippen LogP contribution < -0.4 is 10.1 Å². The maximum absolute atomic E-state index is 13.8. The van der Waals surface area contributed by atoms with Gasteiger partial charge in [0.25, 0.3) is 0 Å². The molecule has 3 aromatic rings. The molecule has 0 saturated heterocycles. The van der Waals surface area contributed by atoms with Crippen LogP contribution in [-0.4, -0.2) is 41.4 Å². The molecule has 1 atom stereocenters. The van der Waals surface area contributed by atoms with E-state index in [1.165, 1.54) is 12.1 Å². The molecule has 5 nitrogen and oxygen atoms in total. The lowest BCUT2D eigenvalue weighted by Crippen LogP contribution is -2.25. The number of halogens is 1. The number of hydrogen-bond acceptors (Lipinski definition) is 4. The van der Waals surface area contributed by atoms with E-state index in [1.54, 1.807) is 19.4 Å². The molecule has 0 aliphatic carbocycles. The van der Waals surface area contributed by atoms with Crippen molar-refractivity contribution in [1.82, 2.24) is 15.3 Å². The van der Waals surface area contributed by atoms with Gasteiger partial charge in [-0.3, -0.25) is 0 Å². The lowest BCUT2D eigenvalue weighted by atomic mass is 10.0. The van der Waals surface area contributed by atoms with E-state index in [4.69, 9.17) is 4.74 Å². The van der Waals surface area contributed by atoms with Crippen molar-refractivity contribution in [1.29, 1.82) is 0 Å². The van der Waals surface area contributed by atoms with E-state index >= 15 is 0 Å². The first-order valence-electron chi connectivity index (χ1n) is 8.06. The maximum Gasteiger partial charge on any atom is 0.138 e. The number of hydrogen-bond donors (Lipinski definition) is 3. The van der Waals surface area contributed by atoms with Gasteiger partial charge in [-0.15, -0.1) is 0 Å². The first kappa shape index (κ1) is 15.8. The third-order valence-corrected chi connectivity index (χ3v) is 4.48. The van der Waals surface area contributed by atoms with Crippen LogP contribution in [0.3, 0.4) is 0 Å². The van der Waals surface area contributed by atoms with Crippen LogP contribution in [0.2, 0.25) is 0 Å². The third kappa shape index (κ3) is 2.79. The average Bonchev–Trinajstić information content (AvgIpc) is 3.27. The minimum atomic E-state index is -0.315. The Kier molecular flexibility index (Phi) is 3.99. The zero-order valence-electron chi connectivity index (χ0n) is 13.7. The molecule has 1 aromatic carbocycles. The van der Waals surface area contributed by atoms with Crippen LogP contribution in [0.25, 0.3) is 27.7 Å². The van der Waals surface area contributed by atoms with Crippen LogP contribution in [0, 0.1) is 5.82 Å². The summed E-state index contributed by atoms with van der Waals surface area (Å²) in [5.74, 6) is 0.295. The Labute approximate surface area is 144 Å². The Hall–Kier alpha value is -2.70. The number of nitrogens with one attached hydrogen (secondary N) is 2. The number of H-pyrrole nitrogens is 1. The zero-order valence-corrected chi connectivity index (χ0v) is 13.7. The van der Waals surface area contributed by atoms with Gasteiger partial charge in [0.15, 0.2) is 0 Å². The van der Waals surface area contributed by atoms with Crippen molar-refractivity contribution in [2.24, 2.45) is 0 Å². The number of aromatic nitrogens is 2. The van der Waals surface area contributed by atoms with Gasteiger partial charge in [0.1, 0.15) is 17.2 Å². The summed E-state index contributed by atoms with van der Waals surface area (Å²) in [6.07, 6.45) is 3.70. The lowest BCUT2D eigenvalue weighted by Gasteiger charge is -2.09. The molecule has 0 amide bonds. The standard InChI is InChI=1S/C19H18FN3O2/c1-25-18-3-2-12(20)7-15(18)14-4-5-21-19-16(14)8-17(23-19)11-6-13(10-24)22-9-11/h2-8,13,22,24H,9-10H2,1H3,(H,21,23). The van der Waals surface area contributed by atoms with Gasteiger partial charge in [-0.05, 0) is 41.5 Å². The summed E-state index contributed by atoms with van der Waals surface area (Å²) >= 11 is 0. The molecule has 1 aliphatic heterocycles. The second-order valence-electron chi connectivity index (χ2n) is 6.01. The fraction of sp³-hybridized carbons (Fsp3) is 0.211. The van der Waals surface area contributed by atoms with Gasteiger partial charge >= 0.3 is 0 Å². The van der Waals surface area contributed by atoms with Crippen molar-refractivity contribution in [2.75, 3.05) is 20.3 Å². The number of pyridine rings is 1. The molecule has 0 saturated carbocycles. The van der Waals surface area contributed by atoms with Crippen LogP contribution in [0.4, 0.5) is 4.39 Å². The number of rotatable bonds is 4. The topological polar surface area (TPSA) is 70.2 Å². The first-order valence-corrected chi connectivity index (χ1v) is 8.06. The summed E-state index contributed by atoms with van der Waals surface area (Å²) in [6, 6.07) is 8.31. The predicted octanol–water partition coefficient (Wildman–Crippen LogP) is 2.73. The number of aromatic amines is 1. The van der Waals surface area contributed by atoms with E-state index < -0.39 is 0 Å². The zero-order chi connectivity index (χ0) is 17.4. The number of methoxy groups -OCH3 is 1. The molecule has 0 spiro atoms. The molecule has 0 radical (unpaired) electrons. The van der Waals surface area contributed by atoms with E-state index in [2.05, 4.69) is 15.3 Å². The van der Waals surface area contributed by atoms with E-state index in [9.17, 15) is 9.50 Å². The number of ether oxygens (including phenoxy) is 1. The van der Waals surface area contributed by atoms with E-state index in [1.807, 2.05) is 18.2 Å². The Morgan fingerprint density at radius 2 is 2.16 bits per heavy atom. The number of aliphatic hydroxyl groups excluding tert-OH is 1. The summed E-state index contributed by atoms with van der Waals surface area (Å²) in [5.41, 5.74) is 4.29. The molecular weight excluding hydrogens is 321 g/mol. The van der Waals surface area contributed by atoms with Gasteiger partial charge in [-0.1, -0.05) is 6.08 Å². The molecule has 4 rings (SSSR count). The summed E-state index contributed by atoms with van der Waals surface area (Å²) in [6.45, 7) is 0.740. The van der Waals surface area contributed by atoms with Gasteiger partial charge in [0.2, 0.25) is 0 Å². The molecule has 1 unspecified atom stereocenters. The summed E-state index contributed by atoms with van der Waals surface area (Å²) in [7, 11) is 1.57. The summed E-state index contributed by atoms with van der Waals surface area (Å²) < 4.78 is 19.2. The predicted molar refractivity (Wildman–Crippen MR) is 94.9 cm³/mol. The van der Waals surface area contributed by atoms with Crippen molar-refractivity contribution in [3.63, 3.8) is 0 Å². The monoisotopic (exact) mass is 339 g/mol. The fourth-order valence-electron chi connectivity index (χ4n) is 3.23. The molecule has 0 fully saturated rings. The normalized spacial score (nSPS) is 17.1. The van der Waals surface area contributed by atoms with Crippen molar-refractivity contribution >= 4 is 16.6 Å². The SMILES string of the molecule is COc1ccc(F)cc1-c1ccnc2[nH]c(C3=CC(CO)NC3)cc12. The van der Waals surface area contributed by atoms with Gasteiger partial charge < -0.3 is 20.1 Å². The molecule has 2 aromatic heterocycles. The molecule has 3 heterocycles. The number of nitrogens with zero attached hydrogens (tertiary/aromatic N) is 1. The molecular formula is C19H18FN3O2. The van der Waals surface area contributed by atoms with Crippen molar-refractivity contribution in [3.8, 4) is 16.9 Å².